The number of amides is 1. The SMILES string of the molecule is CN(CC(=O)O)C(=O)c1ccncc1F. The van der Waals surface area contributed by atoms with Gasteiger partial charge in [-0.3, -0.25) is 14.6 Å². The van der Waals surface area contributed by atoms with Gasteiger partial charge in [-0.1, -0.05) is 0 Å². The van der Waals surface area contributed by atoms with Crippen LogP contribution in [-0.2, 0) is 4.79 Å². The number of carbonyl (C=O) groups excluding carboxylic acids is 1. The van der Waals surface area contributed by atoms with E-state index in [1.165, 1.54) is 19.3 Å². The molecule has 0 spiro atoms. The number of aromatic nitrogens is 1. The molecular formula is C9H9FN2O3. The van der Waals surface area contributed by atoms with E-state index in [1.54, 1.807) is 0 Å². The second-order valence-electron chi connectivity index (χ2n) is 2.91. The number of likely N-dealkylation sites (N-methyl/N-ethyl adjacent to an activating group) is 1. The predicted molar refractivity (Wildman–Crippen MR) is 48.8 cm³/mol. The highest BCUT2D eigenvalue weighted by molar-refractivity contribution is 5.95. The summed E-state index contributed by atoms with van der Waals surface area (Å²) in [5.74, 6) is -2.60. The van der Waals surface area contributed by atoms with E-state index in [4.69, 9.17) is 5.11 Å². The van der Waals surface area contributed by atoms with Gasteiger partial charge in [0.25, 0.3) is 5.91 Å². The first-order chi connectivity index (χ1) is 7.02. The predicted octanol–water partition coefficient (Wildman–Crippen LogP) is 0.377. The molecule has 0 aromatic carbocycles. The summed E-state index contributed by atoms with van der Waals surface area (Å²) in [5.41, 5.74) is -0.186. The van der Waals surface area contributed by atoms with Crippen molar-refractivity contribution in [3.05, 3.63) is 29.8 Å². The van der Waals surface area contributed by atoms with E-state index < -0.39 is 24.2 Å². The number of rotatable bonds is 3. The molecule has 1 heterocycles. The quantitative estimate of drug-likeness (QED) is 0.786. The van der Waals surface area contributed by atoms with E-state index in [0.717, 1.165) is 11.1 Å². The Morgan fingerprint density at radius 3 is 2.80 bits per heavy atom. The smallest absolute Gasteiger partial charge is 0.323 e. The lowest BCUT2D eigenvalue weighted by Crippen LogP contribution is -2.32. The van der Waals surface area contributed by atoms with Crippen LogP contribution in [0, 0.1) is 5.82 Å². The minimum Gasteiger partial charge on any atom is -0.480 e. The standard InChI is InChI=1S/C9H9FN2O3/c1-12(5-8(13)14)9(15)6-2-3-11-4-7(6)10/h2-4H,5H2,1H3,(H,13,14). The molecule has 1 aromatic heterocycles. The number of pyridine rings is 1. The Hall–Kier alpha value is -1.98. The molecule has 1 amide bonds. The molecular weight excluding hydrogens is 203 g/mol. The lowest BCUT2D eigenvalue weighted by molar-refractivity contribution is -0.137. The van der Waals surface area contributed by atoms with Gasteiger partial charge in [0.1, 0.15) is 6.54 Å². The normalized spacial score (nSPS) is 9.73. The number of carbonyl (C=O) groups is 2. The zero-order valence-electron chi connectivity index (χ0n) is 7.98. The van der Waals surface area contributed by atoms with Crippen LogP contribution in [0.15, 0.2) is 18.5 Å². The number of carboxylic acid groups (broad SMARTS) is 1. The van der Waals surface area contributed by atoms with Crippen molar-refractivity contribution in [1.29, 1.82) is 0 Å². The fourth-order valence-corrected chi connectivity index (χ4v) is 1.03. The van der Waals surface area contributed by atoms with Crippen molar-refractivity contribution in [3.63, 3.8) is 0 Å². The lowest BCUT2D eigenvalue weighted by Gasteiger charge is -2.14. The van der Waals surface area contributed by atoms with Gasteiger partial charge in [-0.15, -0.1) is 0 Å². The first-order valence-corrected chi connectivity index (χ1v) is 4.09. The van der Waals surface area contributed by atoms with Gasteiger partial charge in [0, 0.05) is 13.2 Å². The molecule has 0 saturated carbocycles. The average molecular weight is 212 g/mol. The average Bonchev–Trinajstić information content (AvgIpc) is 2.16. The summed E-state index contributed by atoms with van der Waals surface area (Å²) in [7, 11) is 1.29. The monoisotopic (exact) mass is 212 g/mol. The van der Waals surface area contributed by atoms with Crippen molar-refractivity contribution in [2.45, 2.75) is 0 Å². The van der Waals surface area contributed by atoms with E-state index in [2.05, 4.69) is 4.98 Å². The van der Waals surface area contributed by atoms with E-state index in [9.17, 15) is 14.0 Å². The molecule has 0 aliphatic rings. The fourth-order valence-electron chi connectivity index (χ4n) is 1.03. The van der Waals surface area contributed by atoms with Gasteiger partial charge < -0.3 is 10.0 Å². The van der Waals surface area contributed by atoms with Crippen molar-refractivity contribution >= 4 is 11.9 Å². The third-order valence-electron chi connectivity index (χ3n) is 1.72. The summed E-state index contributed by atoms with van der Waals surface area (Å²) in [4.78, 5) is 26.2. The Balaban J connectivity index is 2.85. The summed E-state index contributed by atoms with van der Waals surface area (Å²) < 4.78 is 13.1. The summed E-state index contributed by atoms with van der Waals surface area (Å²) in [6.45, 7) is -0.472. The molecule has 0 fully saturated rings. The van der Waals surface area contributed by atoms with Crippen LogP contribution in [0.1, 0.15) is 10.4 Å². The summed E-state index contributed by atoms with van der Waals surface area (Å²) in [6.07, 6.45) is 2.17. The van der Waals surface area contributed by atoms with E-state index >= 15 is 0 Å². The number of nitrogens with zero attached hydrogens (tertiary/aromatic N) is 2. The highest BCUT2D eigenvalue weighted by Gasteiger charge is 2.17. The number of halogens is 1. The summed E-state index contributed by atoms with van der Waals surface area (Å²) >= 11 is 0. The van der Waals surface area contributed by atoms with Crippen LogP contribution in [0.4, 0.5) is 4.39 Å². The second kappa shape index (κ2) is 4.50. The molecule has 1 rings (SSSR count). The largest absolute Gasteiger partial charge is 0.480 e. The number of hydrogen-bond acceptors (Lipinski definition) is 3. The summed E-state index contributed by atoms with van der Waals surface area (Å²) in [6, 6.07) is 1.20. The molecule has 15 heavy (non-hydrogen) atoms. The molecule has 0 unspecified atom stereocenters. The van der Waals surface area contributed by atoms with Crippen LogP contribution >= 0.6 is 0 Å². The third kappa shape index (κ3) is 2.73. The number of hydrogen-bond donors (Lipinski definition) is 1. The van der Waals surface area contributed by atoms with Crippen molar-refractivity contribution in [2.75, 3.05) is 13.6 Å². The molecule has 0 radical (unpaired) electrons. The van der Waals surface area contributed by atoms with Gasteiger partial charge >= 0.3 is 5.97 Å². The maximum Gasteiger partial charge on any atom is 0.323 e. The molecule has 0 saturated heterocycles. The maximum atomic E-state index is 13.1. The minimum atomic E-state index is -1.15. The Morgan fingerprint density at radius 1 is 1.60 bits per heavy atom. The molecule has 0 aliphatic carbocycles. The van der Waals surface area contributed by atoms with Gasteiger partial charge in [-0.2, -0.15) is 0 Å². The number of aliphatic carboxylic acids is 1. The van der Waals surface area contributed by atoms with Crippen molar-refractivity contribution < 1.29 is 19.1 Å². The van der Waals surface area contributed by atoms with Gasteiger partial charge in [0.15, 0.2) is 5.82 Å². The van der Waals surface area contributed by atoms with Crippen molar-refractivity contribution in [1.82, 2.24) is 9.88 Å². The third-order valence-corrected chi connectivity index (χ3v) is 1.72. The Labute approximate surface area is 85.2 Å². The van der Waals surface area contributed by atoms with Crippen LogP contribution in [-0.4, -0.2) is 40.5 Å². The fraction of sp³-hybridized carbons (Fsp3) is 0.222. The second-order valence-corrected chi connectivity index (χ2v) is 2.91. The first-order valence-electron chi connectivity index (χ1n) is 4.09. The van der Waals surface area contributed by atoms with Gasteiger partial charge in [0.05, 0.1) is 11.8 Å². The highest BCUT2D eigenvalue weighted by atomic mass is 19.1. The molecule has 6 heteroatoms. The van der Waals surface area contributed by atoms with Gasteiger partial charge in [0.2, 0.25) is 0 Å². The van der Waals surface area contributed by atoms with E-state index in [-0.39, 0.29) is 5.56 Å². The molecule has 5 nitrogen and oxygen atoms in total. The van der Waals surface area contributed by atoms with Crippen molar-refractivity contribution in [2.24, 2.45) is 0 Å². The summed E-state index contributed by atoms with van der Waals surface area (Å²) in [5, 5.41) is 8.45. The molecule has 0 atom stereocenters. The Bertz CT molecular complexity index is 395. The molecule has 0 bridgehead atoms. The Kier molecular flexibility index (Phi) is 3.33. The van der Waals surface area contributed by atoms with Gasteiger partial charge in [-0.05, 0) is 6.07 Å². The van der Waals surface area contributed by atoms with E-state index in [0.29, 0.717) is 0 Å². The zero-order chi connectivity index (χ0) is 11.4. The molecule has 80 valence electrons. The minimum absolute atomic E-state index is 0.186. The van der Waals surface area contributed by atoms with Crippen LogP contribution in [0.25, 0.3) is 0 Å². The first kappa shape index (κ1) is 11.1. The van der Waals surface area contributed by atoms with Crippen LogP contribution in [0.5, 0.6) is 0 Å². The van der Waals surface area contributed by atoms with Crippen LogP contribution in [0.3, 0.4) is 0 Å². The van der Waals surface area contributed by atoms with Gasteiger partial charge in [-0.25, -0.2) is 4.39 Å². The van der Waals surface area contributed by atoms with Crippen molar-refractivity contribution in [3.8, 4) is 0 Å². The van der Waals surface area contributed by atoms with E-state index in [1.807, 2.05) is 0 Å². The molecule has 1 N–H and O–H groups in total. The van der Waals surface area contributed by atoms with Crippen LogP contribution in [0.2, 0.25) is 0 Å². The zero-order valence-corrected chi connectivity index (χ0v) is 7.98. The topological polar surface area (TPSA) is 70.5 Å². The molecule has 1 aromatic rings. The number of carboxylic acids is 1. The lowest BCUT2D eigenvalue weighted by atomic mass is 10.2. The Morgan fingerprint density at radius 2 is 2.27 bits per heavy atom. The molecule has 0 aliphatic heterocycles. The highest BCUT2D eigenvalue weighted by Crippen LogP contribution is 2.07. The maximum absolute atomic E-state index is 13.1. The van der Waals surface area contributed by atoms with Crippen LogP contribution < -0.4 is 0 Å².